The van der Waals surface area contributed by atoms with Gasteiger partial charge in [0, 0.05) is 17.6 Å². The number of amides is 1. The molecule has 1 amide bonds. The third kappa shape index (κ3) is 4.41. The average Bonchev–Trinajstić information content (AvgIpc) is 3.64. The first-order valence-corrected chi connectivity index (χ1v) is 11.4. The Labute approximate surface area is 195 Å². The van der Waals surface area contributed by atoms with Crippen LogP contribution in [-0.4, -0.2) is 34.2 Å². The number of hydrogen-bond acceptors (Lipinski definition) is 3. The van der Waals surface area contributed by atoms with Crippen LogP contribution >= 0.6 is 0 Å². The van der Waals surface area contributed by atoms with Crippen molar-refractivity contribution < 1.29 is 27.5 Å². The Morgan fingerprint density at radius 3 is 2.15 bits per heavy atom. The van der Waals surface area contributed by atoms with Gasteiger partial charge in [0.25, 0.3) is 5.91 Å². The van der Waals surface area contributed by atoms with E-state index >= 15 is 0 Å². The summed E-state index contributed by atoms with van der Waals surface area (Å²) in [6.45, 7) is 0.683. The molecule has 0 unspecified atom stereocenters. The Hall–Kier alpha value is -2.92. The van der Waals surface area contributed by atoms with Gasteiger partial charge in [-0.25, -0.2) is 4.39 Å². The second-order valence-electron chi connectivity index (χ2n) is 9.53. The number of hydrogen-bond donors (Lipinski definition) is 1. The lowest BCUT2D eigenvalue weighted by atomic mass is 9.69. The molecule has 0 aromatic heterocycles. The summed E-state index contributed by atoms with van der Waals surface area (Å²) in [6.07, 6.45) is -0.994. The summed E-state index contributed by atoms with van der Waals surface area (Å²) < 4.78 is 53.2. The fraction of sp³-hybridized carbons (Fsp3) is 0.462. The zero-order chi connectivity index (χ0) is 24.7. The maximum absolute atomic E-state index is 13.8. The molecule has 4 nitrogen and oxygen atoms in total. The van der Waals surface area contributed by atoms with Gasteiger partial charge in [0.15, 0.2) is 5.60 Å². The summed E-state index contributed by atoms with van der Waals surface area (Å²) in [5.41, 5.74) is -3.24. The second kappa shape index (κ2) is 8.70. The van der Waals surface area contributed by atoms with Gasteiger partial charge in [-0.05, 0) is 80.8 Å². The number of benzene rings is 2. The second-order valence-corrected chi connectivity index (χ2v) is 9.53. The Morgan fingerprint density at radius 2 is 1.65 bits per heavy atom. The molecule has 0 spiro atoms. The van der Waals surface area contributed by atoms with Crippen molar-refractivity contribution in [3.8, 4) is 6.07 Å². The smallest absolute Gasteiger partial charge is 0.376 e. The zero-order valence-corrected chi connectivity index (χ0v) is 18.8. The van der Waals surface area contributed by atoms with Crippen molar-refractivity contribution in [1.29, 1.82) is 5.26 Å². The van der Waals surface area contributed by atoms with E-state index in [0.29, 0.717) is 38.2 Å². The van der Waals surface area contributed by atoms with Crippen molar-refractivity contribution in [2.45, 2.75) is 74.7 Å². The highest BCUT2D eigenvalue weighted by Crippen LogP contribution is 2.43. The minimum atomic E-state index is -4.84. The number of aliphatic hydroxyl groups is 1. The first-order valence-electron chi connectivity index (χ1n) is 11.4. The van der Waals surface area contributed by atoms with Gasteiger partial charge in [0.2, 0.25) is 0 Å². The van der Waals surface area contributed by atoms with Gasteiger partial charge in [0.05, 0.1) is 11.5 Å². The predicted molar refractivity (Wildman–Crippen MR) is 117 cm³/mol. The highest BCUT2D eigenvalue weighted by molar-refractivity contribution is 5.95. The minimum Gasteiger partial charge on any atom is -0.376 e. The molecule has 1 N–H and O–H groups in total. The molecular formula is C26H26F4N2O2. The highest BCUT2D eigenvalue weighted by Gasteiger charge is 2.51. The van der Waals surface area contributed by atoms with Crippen molar-refractivity contribution >= 4 is 5.91 Å². The van der Waals surface area contributed by atoms with Crippen LogP contribution in [0.5, 0.6) is 0 Å². The van der Waals surface area contributed by atoms with Crippen LogP contribution in [0.25, 0.3) is 0 Å². The topological polar surface area (TPSA) is 64.3 Å². The van der Waals surface area contributed by atoms with Gasteiger partial charge in [-0.3, -0.25) is 4.79 Å². The molecule has 0 heterocycles. The molecule has 2 saturated carbocycles. The van der Waals surface area contributed by atoms with Crippen LogP contribution in [-0.2, 0) is 11.0 Å². The van der Waals surface area contributed by atoms with E-state index in [2.05, 4.69) is 6.07 Å². The largest absolute Gasteiger partial charge is 0.421 e. The molecule has 180 valence electrons. The number of nitriles is 1. The minimum absolute atomic E-state index is 0.0687. The number of carbonyl (C=O) groups is 1. The third-order valence-corrected chi connectivity index (χ3v) is 7.21. The molecule has 0 saturated heterocycles. The Bertz CT molecular complexity index is 1090. The van der Waals surface area contributed by atoms with E-state index in [4.69, 9.17) is 0 Å². The SMILES string of the molecule is C[C@](O)(c1ccc(C(=O)N(C2CC2)C2CCC(C#N)(c3cccc(F)c3)CC2)cc1)C(F)(F)F. The number of rotatable bonds is 5. The molecule has 1 atom stereocenters. The fourth-order valence-electron chi connectivity index (χ4n) is 4.86. The predicted octanol–water partition coefficient (Wildman–Crippen LogP) is 5.60. The lowest BCUT2D eigenvalue weighted by Gasteiger charge is -2.41. The quantitative estimate of drug-likeness (QED) is 0.574. The lowest BCUT2D eigenvalue weighted by Crippen LogP contribution is -2.46. The van der Waals surface area contributed by atoms with Gasteiger partial charge < -0.3 is 10.0 Å². The molecule has 8 heteroatoms. The standard InChI is InChI=1S/C26H26F4N2O2/c1-24(34,26(28,29)30)18-7-5-17(6-8-18)23(33)32(21-9-10-21)22-11-13-25(16-31,14-12-22)19-3-2-4-20(27)15-19/h2-8,15,21-22,34H,9-14H2,1H3/t22?,24-,25?/m0/s1. The summed E-state index contributed by atoms with van der Waals surface area (Å²) in [4.78, 5) is 15.2. The van der Waals surface area contributed by atoms with Crippen molar-refractivity contribution in [3.05, 3.63) is 71.0 Å². The average molecular weight is 474 g/mol. The lowest BCUT2D eigenvalue weighted by molar-refractivity contribution is -0.258. The number of carbonyl (C=O) groups excluding carboxylic acids is 1. The van der Waals surface area contributed by atoms with E-state index < -0.39 is 23.0 Å². The van der Waals surface area contributed by atoms with E-state index in [1.54, 1.807) is 12.1 Å². The van der Waals surface area contributed by atoms with E-state index in [-0.39, 0.29) is 29.1 Å². The van der Waals surface area contributed by atoms with Gasteiger partial charge in [0.1, 0.15) is 5.82 Å². The van der Waals surface area contributed by atoms with E-state index in [9.17, 15) is 32.7 Å². The van der Waals surface area contributed by atoms with Crippen LogP contribution in [0.3, 0.4) is 0 Å². The van der Waals surface area contributed by atoms with Crippen molar-refractivity contribution in [3.63, 3.8) is 0 Å². The van der Waals surface area contributed by atoms with Crippen LogP contribution in [0.15, 0.2) is 48.5 Å². The van der Waals surface area contributed by atoms with Crippen LogP contribution in [0.2, 0.25) is 0 Å². The van der Waals surface area contributed by atoms with E-state index in [0.717, 1.165) is 25.0 Å². The van der Waals surface area contributed by atoms with Crippen LogP contribution < -0.4 is 0 Å². The van der Waals surface area contributed by atoms with Gasteiger partial charge in [-0.15, -0.1) is 0 Å². The molecule has 34 heavy (non-hydrogen) atoms. The van der Waals surface area contributed by atoms with Gasteiger partial charge >= 0.3 is 6.18 Å². The zero-order valence-electron chi connectivity index (χ0n) is 18.8. The molecule has 2 aliphatic carbocycles. The Balaban J connectivity index is 1.52. The van der Waals surface area contributed by atoms with Gasteiger partial charge in [-0.2, -0.15) is 18.4 Å². The molecule has 2 aromatic rings. The maximum Gasteiger partial charge on any atom is 0.421 e. The summed E-state index contributed by atoms with van der Waals surface area (Å²) in [7, 11) is 0. The molecule has 4 rings (SSSR count). The van der Waals surface area contributed by atoms with Gasteiger partial charge in [-0.1, -0.05) is 24.3 Å². The maximum atomic E-state index is 13.8. The fourth-order valence-corrected chi connectivity index (χ4v) is 4.86. The first-order chi connectivity index (χ1) is 16.0. The van der Waals surface area contributed by atoms with Crippen LogP contribution in [0.4, 0.5) is 17.6 Å². The molecule has 0 bridgehead atoms. The summed E-state index contributed by atoms with van der Waals surface area (Å²) in [5, 5.41) is 19.8. The monoisotopic (exact) mass is 474 g/mol. The molecule has 0 radical (unpaired) electrons. The summed E-state index contributed by atoms with van der Waals surface area (Å²) >= 11 is 0. The van der Waals surface area contributed by atoms with Crippen LogP contribution in [0.1, 0.15) is 66.9 Å². The summed E-state index contributed by atoms with van der Waals surface area (Å²) in [5.74, 6) is -0.655. The normalized spacial score (nSPS) is 24.7. The van der Waals surface area contributed by atoms with E-state index in [1.807, 2.05) is 4.90 Å². The molecule has 2 aromatic carbocycles. The number of halogens is 4. The van der Waals surface area contributed by atoms with Crippen molar-refractivity contribution in [1.82, 2.24) is 4.90 Å². The van der Waals surface area contributed by atoms with Crippen LogP contribution in [0, 0.1) is 17.1 Å². The first kappa shape index (κ1) is 24.2. The number of alkyl halides is 3. The molecule has 2 aliphatic rings. The highest BCUT2D eigenvalue weighted by atomic mass is 19.4. The van der Waals surface area contributed by atoms with E-state index in [1.165, 1.54) is 24.3 Å². The third-order valence-electron chi connectivity index (χ3n) is 7.21. The Morgan fingerprint density at radius 1 is 1.06 bits per heavy atom. The molecule has 0 aliphatic heterocycles. The van der Waals surface area contributed by atoms with Crippen molar-refractivity contribution in [2.24, 2.45) is 0 Å². The summed E-state index contributed by atoms with van der Waals surface area (Å²) in [6, 6.07) is 13.3. The molecular weight excluding hydrogens is 448 g/mol. The van der Waals surface area contributed by atoms with Crippen molar-refractivity contribution in [2.75, 3.05) is 0 Å². The Kier molecular flexibility index (Phi) is 6.19. The molecule has 2 fully saturated rings. The number of nitrogens with zero attached hydrogens (tertiary/aromatic N) is 2.